The molecule has 7 nitrogen and oxygen atoms in total. The van der Waals surface area contributed by atoms with Gasteiger partial charge in [0, 0.05) is 16.6 Å². The number of nitrogen functional groups attached to an aromatic ring is 1. The Kier molecular flexibility index (Phi) is 4.04. The fourth-order valence-corrected chi connectivity index (χ4v) is 7.03. The molecule has 1 atom stereocenters. The van der Waals surface area contributed by atoms with E-state index in [1.165, 1.54) is 5.19 Å². The lowest BCUT2D eigenvalue weighted by Gasteiger charge is -2.32. The summed E-state index contributed by atoms with van der Waals surface area (Å²) < 4.78 is 7.15. The molecule has 2 aliphatic heterocycles. The normalized spacial score (nSPS) is 19.7. The third-order valence-electron chi connectivity index (χ3n) is 6.44. The van der Waals surface area contributed by atoms with Gasteiger partial charge in [-0.25, -0.2) is 4.98 Å². The SMILES string of the molecule is CC[C@@]1(O)C(=O)COc2c1cc1n(c2=O)Cc2c-1nc1ccc(N)cc1c2[Si](C)(C)C. The standard InChI is InChI=1S/C23H25N3O4Si/c1-5-23(29)15-9-17-19-14(10-26(17)22(28)20(15)30-11-18(23)27)21(31(2,3)4)13-8-12(24)6-7-16(13)25-19/h6-9,29H,5,10-11,24H2,1-4H3/t23-/m0/s1. The third kappa shape index (κ3) is 2.64. The Labute approximate surface area is 180 Å². The fraction of sp³-hybridized carbons (Fsp3) is 0.348. The highest BCUT2D eigenvalue weighted by atomic mass is 28.3. The molecule has 0 saturated heterocycles. The van der Waals surface area contributed by atoms with Crippen molar-refractivity contribution in [3.05, 3.63) is 45.7 Å². The maximum atomic E-state index is 13.4. The Balaban J connectivity index is 1.87. The molecule has 0 unspecified atom stereocenters. The quantitative estimate of drug-likeness (QED) is 0.369. The summed E-state index contributed by atoms with van der Waals surface area (Å²) in [7, 11) is -1.86. The van der Waals surface area contributed by atoms with Crippen LogP contribution in [0.3, 0.4) is 0 Å². The Morgan fingerprint density at radius 1 is 1.26 bits per heavy atom. The van der Waals surface area contributed by atoms with Gasteiger partial charge in [-0.2, -0.15) is 0 Å². The minimum absolute atomic E-state index is 0.0591. The van der Waals surface area contributed by atoms with Gasteiger partial charge < -0.3 is 15.6 Å². The number of fused-ring (bicyclic) bond motifs is 5. The van der Waals surface area contributed by atoms with Crippen LogP contribution in [0.5, 0.6) is 5.75 Å². The largest absolute Gasteiger partial charge is 0.480 e. The number of nitrogens with zero attached hydrogens (tertiary/aromatic N) is 2. The van der Waals surface area contributed by atoms with Gasteiger partial charge in [-0.15, -0.1) is 0 Å². The van der Waals surface area contributed by atoms with Gasteiger partial charge in [0.15, 0.2) is 18.0 Å². The number of hydrogen-bond donors (Lipinski definition) is 2. The maximum Gasteiger partial charge on any atom is 0.294 e. The molecule has 5 rings (SSSR count). The van der Waals surface area contributed by atoms with Crippen molar-refractivity contribution in [3.8, 4) is 17.1 Å². The van der Waals surface area contributed by atoms with Gasteiger partial charge in [0.25, 0.3) is 5.56 Å². The zero-order valence-electron chi connectivity index (χ0n) is 18.1. The number of nitrogens with two attached hydrogens (primary N) is 1. The molecule has 2 aromatic heterocycles. The molecule has 8 heteroatoms. The van der Waals surface area contributed by atoms with Crippen molar-refractivity contribution in [2.24, 2.45) is 0 Å². The van der Waals surface area contributed by atoms with Gasteiger partial charge >= 0.3 is 0 Å². The number of hydrogen-bond acceptors (Lipinski definition) is 6. The maximum absolute atomic E-state index is 13.4. The van der Waals surface area contributed by atoms with Crippen molar-refractivity contribution < 1.29 is 14.6 Å². The molecule has 3 aromatic rings. The molecule has 0 saturated carbocycles. The summed E-state index contributed by atoms with van der Waals surface area (Å²) in [4.78, 5) is 30.7. The van der Waals surface area contributed by atoms with Crippen molar-refractivity contribution in [1.82, 2.24) is 9.55 Å². The van der Waals surface area contributed by atoms with Gasteiger partial charge in [-0.1, -0.05) is 26.6 Å². The van der Waals surface area contributed by atoms with Crippen LogP contribution in [0.4, 0.5) is 5.69 Å². The minimum Gasteiger partial charge on any atom is -0.480 e. The minimum atomic E-state index is -1.86. The average Bonchev–Trinajstić information content (AvgIpc) is 3.07. The van der Waals surface area contributed by atoms with Crippen LogP contribution in [0, 0.1) is 0 Å². The van der Waals surface area contributed by atoms with E-state index in [-0.39, 0.29) is 29.9 Å². The first kappa shape index (κ1) is 20.0. The van der Waals surface area contributed by atoms with Crippen LogP contribution >= 0.6 is 0 Å². The smallest absolute Gasteiger partial charge is 0.294 e. The summed E-state index contributed by atoms with van der Waals surface area (Å²) in [5.41, 5.74) is 8.12. The summed E-state index contributed by atoms with van der Waals surface area (Å²) >= 11 is 0. The number of aliphatic hydroxyl groups is 1. The Bertz CT molecular complexity index is 1360. The second-order valence-corrected chi connectivity index (χ2v) is 14.4. The van der Waals surface area contributed by atoms with E-state index in [0.717, 1.165) is 22.2 Å². The molecular formula is C23H25N3O4Si. The summed E-state index contributed by atoms with van der Waals surface area (Å²) in [5, 5.41) is 13.3. The second kappa shape index (κ2) is 6.27. The van der Waals surface area contributed by atoms with Gasteiger partial charge in [0.2, 0.25) is 5.78 Å². The molecule has 2 aliphatic rings. The van der Waals surface area contributed by atoms with Crippen molar-refractivity contribution >= 4 is 35.6 Å². The lowest BCUT2D eigenvalue weighted by atomic mass is 9.85. The van der Waals surface area contributed by atoms with Crippen LogP contribution < -0.4 is 21.2 Å². The number of benzene rings is 1. The summed E-state index contributed by atoms with van der Waals surface area (Å²) in [5.74, 6) is -0.376. The number of carbonyl (C=O) groups excluding carboxylic acids is 1. The number of rotatable bonds is 2. The van der Waals surface area contributed by atoms with Crippen LogP contribution in [-0.4, -0.2) is 35.1 Å². The average molecular weight is 436 g/mol. The highest BCUT2D eigenvalue weighted by Gasteiger charge is 2.45. The number of ether oxygens (including phenoxy) is 1. The molecule has 0 aliphatic carbocycles. The van der Waals surface area contributed by atoms with Crippen molar-refractivity contribution in [2.75, 3.05) is 12.3 Å². The van der Waals surface area contributed by atoms with Crippen LogP contribution in [0.15, 0.2) is 29.1 Å². The number of anilines is 1. The molecule has 160 valence electrons. The third-order valence-corrected chi connectivity index (χ3v) is 8.51. The van der Waals surface area contributed by atoms with Crippen molar-refractivity contribution in [2.45, 2.75) is 45.1 Å². The van der Waals surface area contributed by atoms with Gasteiger partial charge in [0.1, 0.15) is 0 Å². The number of Topliss-reactive ketones (excluding diaryl/α,β-unsaturated/α-hetero) is 1. The fourth-order valence-electron chi connectivity index (χ4n) is 4.92. The van der Waals surface area contributed by atoms with Crippen LogP contribution in [0.1, 0.15) is 24.5 Å². The van der Waals surface area contributed by atoms with Crippen LogP contribution in [0.25, 0.3) is 22.3 Å². The molecule has 1 aromatic carbocycles. The summed E-state index contributed by atoms with van der Waals surface area (Å²) in [6.07, 6.45) is 0.169. The highest BCUT2D eigenvalue weighted by molar-refractivity contribution is 6.90. The zero-order chi connectivity index (χ0) is 22.3. The van der Waals surface area contributed by atoms with E-state index in [1.54, 1.807) is 17.6 Å². The highest BCUT2D eigenvalue weighted by Crippen LogP contribution is 2.40. The lowest BCUT2D eigenvalue weighted by Crippen LogP contribution is -2.45. The second-order valence-electron chi connectivity index (χ2n) is 9.43. The predicted octanol–water partition coefficient (Wildman–Crippen LogP) is 2.11. The van der Waals surface area contributed by atoms with E-state index in [4.69, 9.17) is 15.5 Å². The van der Waals surface area contributed by atoms with Gasteiger partial charge in [-0.05, 0) is 41.4 Å². The van der Waals surface area contributed by atoms with Crippen LogP contribution in [0.2, 0.25) is 19.6 Å². The first-order valence-corrected chi connectivity index (χ1v) is 14.0. The van der Waals surface area contributed by atoms with E-state index in [9.17, 15) is 14.7 Å². The molecule has 3 N–H and O–H groups in total. The molecular weight excluding hydrogens is 410 g/mol. The number of carbonyl (C=O) groups is 1. The van der Waals surface area contributed by atoms with E-state index in [0.29, 0.717) is 17.9 Å². The van der Waals surface area contributed by atoms with E-state index >= 15 is 0 Å². The first-order valence-electron chi connectivity index (χ1n) is 10.5. The Morgan fingerprint density at radius 3 is 2.68 bits per heavy atom. The van der Waals surface area contributed by atoms with E-state index < -0.39 is 19.5 Å². The van der Waals surface area contributed by atoms with Crippen molar-refractivity contribution in [3.63, 3.8) is 0 Å². The van der Waals surface area contributed by atoms with Gasteiger partial charge in [0.05, 0.1) is 31.5 Å². The van der Waals surface area contributed by atoms with Crippen LogP contribution in [-0.2, 0) is 16.9 Å². The molecule has 0 radical (unpaired) electrons. The molecule has 0 spiro atoms. The topological polar surface area (TPSA) is 107 Å². The number of ketones is 1. The Hall–Kier alpha value is -2.97. The van der Waals surface area contributed by atoms with Gasteiger partial charge in [-0.3, -0.25) is 14.2 Å². The molecule has 0 bridgehead atoms. The molecule has 0 fully saturated rings. The zero-order valence-corrected chi connectivity index (χ0v) is 19.1. The van der Waals surface area contributed by atoms with E-state index in [1.807, 2.05) is 18.2 Å². The summed E-state index contributed by atoms with van der Waals surface area (Å²) in [6, 6.07) is 7.41. The van der Waals surface area contributed by atoms with Crippen molar-refractivity contribution in [1.29, 1.82) is 0 Å². The lowest BCUT2D eigenvalue weighted by molar-refractivity contribution is -0.143. The summed E-state index contributed by atoms with van der Waals surface area (Å²) in [6.45, 7) is 8.60. The van der Waals surface area contributed by atoms with E-state index in [2.05, 4.69) is 19.6 Å². The molecule has 31 heavy (non-hydrogen) atoms. The Morgan fingerprint density at radius 2 is 2.00 bits per heavy atom. The first-order chi connectivity index (χ1) is 14.6. The number of pyridine rings is 2. The predicted molar refractivity (Wildman–Crippen MR) is 123 cm³/mol. The number of aromatic nitrogens is 2. The molecule has 0 amide bonds. The molecule has 4 heterocycles. The monoisotopic (exact) mass is 435 g/mol.